The van der Waals surface area contributed by atoms with E-state index in [1.807, 2.05) is 6.07 Å². The highest BCUT2D eigenvalue weighted by atomic mass is 35.5. The Bertz CT molecular complexity index is 521. The van der Waals surface area contributed by atoms with Gasteiger partial charge in [-0.3, -0.25) is 9.69 Å². The van der Waals surface area contributed by atoms with Gasteiger partial charge in [0.15, 0.2) is 0 Å². The van der Waals surface area contributed by atoms with Crippen LogP contribution in [-0.2, 0) is 6.54 Å². The van der Waals surface area contributed by atoms with E-state index in [0.29, 0.717) is 22.7 Å². The number of carbonyl (C=O) groups is 1. The summed E-state index contributed by atoms with van der Waals surface area (Å²) < 4.78 is 0. The van der Waals surface area contributed by atoms with Gasteiger partial charge in [0.2, 0.25) is 5.91 Å². The predicted molar refractivity (Wildman–Crippen MR) is 77.6 cm³/mol. The van der Waals surface area contributed by atoms with Crippen LogP contribution in [0.1, 0.15) is 41.6 Å². The highest BCUT2D eigenvalue weighted by Crippen LogP contribution is 2.37. The van der Waals surface area contributed by atoms with Crippen molar-refractivity contribution in [1.82, 2.24) is 4.90 Å². The number of primary amides is 1. The molecule has 1 amide bonds. The zero-order valence-corrected chi connectivity index (χ0v) is 12.0. The van der Waals surface area contributed by atoms with Crippen LogP contribution in [0, 0.1) is 0 Å². The molecule has 5 heteroatoms. The van der Waals surface area contributed by atoms with Gasteiger partial charge in [-0.25, -0.2) is 0 Å². The normalized spacial score (nSPS) is 29.6. The first-order chi connectivity index (χ1) is 9.54. The second-order valence-corrected chi connectivity index (χ2v) is 6.26. The molecule has 0 radical (unpaired) electrons. The molecule has 2 aliphatic heterocycles. The van der Waals surface area contributed by atoms with Gasteiger partial charge in [-0.1, -0.05) is 17.7 Å². The number of aliphatic hydroxyl groups excluding tert-OH is 1. The maximum Gasteiger partial charge on any atom is 0.248 e. The average Bonchev–Trinajstić information content (AvgIpc) is 2.63. The molecule has 2 bridgehead atoms. The zero-order valence-electron chi connectivity index (χ0n) is 11.3. The topological polar surface area (TPSA) is 66.6 Å². The number of amides is 1. The summed E-state index contributed by atoms with van der Waals surface area (Å²) in [5.41, 5.74) is 6.71. The van der Waals surface area contributed by atoms with E-state index < -0.39 is 5.91 Å². The van der Waals surface area contributed by atoms with Crippen LogP contribution in [-0.4, -0.2) is 34.1 Å². The van der Waals surface area contributed by atoms with Crippen molar-refractivity contribution < 1.29 is 9.90 Å². The van der Waals surface area contributed by atoms with Crippen molar-refractivity contribution in [2.45, 2.75) is 50.4 Å². The fourth-order valence-electron chi connectivity index (χ4n) is 3.53. The standard InChI is InChI=1S/C15H19ClN2O2/c16-14-5-9(15(17)20)1-2-10(14)8-18-11-3-4-12(18)7-13(19)6-11/h1-2,5,11-13,19H,3-4,6-8H2,(H2,17,20). The lowest BCUT2D eigenvalue weighted by atomic mass is 9.99. The maximum atomic E-state index is 11.1. The third kappa shape index (κ3) is 2.55. The molecular weight excluding hydrogens is 276 g/mol. The molecule has 3 N–H and O–H groups in total. The molecule has 20 heavy (non-hydrogen) atoms. The number of aliphatic hydroxyl groups is 1. The lowest BCUT2D eigenvalue weighted by Crippen LogP contribution is -2.44. The lowest BCUT2D eigenvalue weighted by molar-refractivity contribution is 0.0310. The number of nitrogens with two attached hydrogens (primary N) is 1. The highest BCUT2D eigenvalue weighted by molar-refractivity contribution is 6.31. The minimum absolute atomic E-state index is 0.156. The smallest absolute Gasteiger partial charge is 0.248 e. The molecular formula is C15H19ClN2O2. The number of piperidine rings is 1. The van der Waals surface area contributed by atoms with E-state index in [2.05, 4.69) is 4.90 Å². The Morgan fingerprint density at radius 2 is 2.00 bits per heavy atom. The Morgan fingerprint density at radius 3 is 2.55 bits per heavy atom. The molecule has 2 heterocycles. The molecule has 0 saturated carbocycles. The molecule has 0 spiro atoms. The molecule has 108 valence electrons. The minimum Gasteiger partial charge on any atom is -0.393 e. The van der Waals surface area contributed by atoms with Crippen molar-refractivity contribution in [3.05, 3.63) is 34.3 Å². The van der Waals surface area contributed by atoms with Gasteiger partial charge in [0, 0.05) is 29.2 Å². The quantitative estimate of drug-likeness (QED) is 0.895. The molecule has 1 aromatic rings. The third-order valence-corrected chi connectivity index (χ3v) is 4.90. The van der Waals surface area contributed by atoms with Crippen molar-refractivity contribution in [3.63, 3.8) is 0 Å². The Hall–Kier alpha value is -1.10. The van der Waals surface area contributed by atoms with Gasteiger partial charge in [0.1, 0.15) is 0 Å². The van der Waals surface area contributed by atoms with Gasteiger partial charge in [0.05, 0.1) is 6.10 Å². The van der Waals surface area contributed by atoms with Crippen molar-refractivity contribution >= 4 is 17.5 Å². The number of rotatable bonds is 3. The van der Waals surface area contributed by atoms with E-state index in [1.54, 1.807) is 12.1 Å². The summed E-state index contributed by atoms with van der Waals surface area (Å²) in [5.74, 6) is -0.459. The van der Waals surface area contributed by atoms with Crippen LogP contribution < -0.4 is 5.73 Å². The van der Waals surface area contributed by atoms with E-state index in [4.69, 9.17) is 17.3 Å². The Balaban J connectivity index is 1.77. The molecule has 2 fully saturated rings. The Labute approximate surface area is 123 Å². The highest BCUT2D eigenvalue weighted by Gasteiger charge is 2.40. The fraction of sp³-hybridized carbons (Fsp3) is 0.533. The number of nitrogens with zero attached hydrogens (tertiary/aromatic N) is 1. The monoisotopic (exact) mass is 294 g/mol. The molecule has 0 aromatic heterocycles. The summed E-state index contributed by atoms with van der Waals surface area (Å²) in [7, 11) is 0. The first-order valence-electron chi connectivity index (χ1n) is 7.06. The van der Waals surface area contributed by atoms with Gasteiger partial charge in [0.25, 0.3) is 0 Å². The number of halogens is 1. The van der Waals surface area contributed by atoms with Crippen molar-refractivity contribution in [3.8, 4) is 0 Å². The first kappa shape index (κ1) is 13.9. The van der Waals surface area contributed by atoms with Crippen LogP contribution in [0.25, 0.3) is 0 Å². The Kier molecular flexibility index (Phi) is 3.71. The molecule has 0 aliphatic carbocycles. The van der Waals surface area contributed by atoms with Crippen LogP contribution in [0.2, 0.25) is 5.02 Å². The molecule has 2 unspecified atom stereocenters. The maximum absolute atomic E-state index is 11.1. The van der Waals surface area contributed by atoms with Crippen LogP contribution in [0.5, 0.6) is 0 Å². The summed E-state index contributed by atoms with van der Waals surface area (Å²) in [6.07, 6.45) is 3.86. The number of hydrogen-bond donors (Lipinski definition) is 2. The van der Waals surface area contributed by atoms with Crippen molar-refractivity contribution in [2.75, 3.05) is 0 Å². The Morgan fingerprint density at radius 1 is 1.35 bits per heavy atom. The van der Waals surface area contributed by atoms with E-state index in [1.165, 1.54) is 0 Å². The summed E-state index contributed by atoms with van der Waals surface area (Å²) in [6.45, 7) is 0.778. The molecule has 4 nitrogen and oxygen atoms in total. The first-order valence-corrected chi connectivity index (χ1v) is 7.44. The predicted octanol–water partition coefficient (Wildman–Crippen LogP) is 1.93. The van der Waals surface area contributed by atoms with E-state index in [9.17, 15) is 9.90 Å². The molecule has 3 rings (SSSR count). The van der Waals surface area contributed by atoms with Gasteiger partial charge < -0.3 is 10.8 Å². The number of hydrogen-bond acceptors (Lipinski definition) is 3. The van der Waals surface area contributed by atoms with Gasteiger partial charge in [-0.05, 0) is 43.4 Å². The summed E-state index contributed by atoms with van der Waals surface area (Å²) in [4.78, 5) is 13.6. The summed E-state index contributed by atoms with van der Waals surface area (Å²) in [5, 5.41) is 10.4. The SMILES string of the molecule is NC(=O)c1ccc(CN2C3CCC2CC(O)C3)c(Cl)c1. The third-order valence-electron chi connectivity index (χ3n) is 4.55. The van der Waals surface area contributed by atoms with Crippen LogP contribution in [0.3, 0.4) is 0 Å². The second kappa shape index (κ2) is 5.35. The van der Waals surface area contributed by atoms with Crippen molar-refractivity contribution in [1.29, 1.82) is 0 Å². The van der Waals surface area contributed by atoms with Gasteiger partial charge in [-0.2, -0.15) is 0 Å². The van der Waals surface area contributed by atoms with E-state index >= 15 is 0 Å². The average molecular weight is 295 g/mol. The van der Waals surface area contributed by atoms with Crippen LogP contribution in [0.15, 0.2) is 18.2 Å². The molecule has 2 aliphatic rings. The van der Waals surface area contributed by atoms with Gasteiger partial charge >= 0.3 is 0 Å². The van der Waals surface area contributed by atoms with Crippen molar-refractivity contribution in [2.24, 2.45) is 5.73 Å². The lowest BCUT2D eigenvalue weighted by Gasteiger charge is -2.37. The minimum atomic E-state index is -0.459. The summed E-state index contributed by atoms with van der Waals surface area (Å²) in [6, 6.07) is 6.16. The van der Waals surface area contributed by atoms with Crippen LogP contribution in [0.4, 0.5) is 0 Å². The van der Waals surface area contributed by atoms with Crippen LogP contribution >= 0.6 is 11.6 Å². The number of benzene rings is 1. The summed E-state index contributed by atoms with van der Waals surface area (Å²) >= 11 is 6.25. The second-order valence-electron chi connectivity index (χ2n) is 5.85. The fourth-order valence-corrected chi connectivity index (χ4v) is 3.77. The van der Waals surface area contributed by atoms with E-state index in [-0.39, 0.29) is 6.10 Å². The number of carbonyl (C=O) groups excluding carboxylic acids is 1. The van der Waals surface area contributed by atoms with E-state index in [0.717, 1.165) is 37.8 Å². The zero-order chi connectivity index (χ0) is 14.3. The van der Waals surface area contributed by atoms with Gasteiger partial charge in [-0.15, -0.1) is 0 Å². The molecule has 2 atom stereocenters. The largest absolute Gasteiger partial charge is 0.393 e. The molecule has 1 aromatic carbocycles. The number of fused-ring (bicyclic) bond motifs is 2. The molecule has 2 saturated heterocycles.